The van der Waals surface area contributed by atoms with E-state index in [1.54, 1.807) is 13.0 Å². The number of aryl methyl sites for hydroxylation is 1. The summed E-state index contributed by atoms with van der Waals surface area (Å²) >= 11 is 1.33. The molecule has 104 valence electrons. The van der Waals surface area contributed by atoms with Gasteiger partial charge in [0.25, 0.3) is 0 Å². The maximum Gasteiger partial charge on any atom is 0.345 e. The monoisotopic (exact) mass is 282 g/mol. The van der Waals surface area contributed by atoms with Crippen LogP contribution in [0.1, 0.15) is 27.0 Å². The Hall–Kier alpha value is -1.40. The molecule has 5 nitrogen and oxygen atoms in total. The standard InChI is InChI=1S/C13H18N2O3S/c1-9-11(7-12(19-9)13(17)18)8-14-3-5-15(6-4-14)10(2)16/h7H,3-6,8H2,1-2H3,(H,17,18). The predicted octanol–water partition coefficient (Wildman–Crippen LogP) is 1.42. The van der Waals surface area contributed by atoms with Gasteiger partial charge in [0, 0.05) is 44.5 Å². The number of nitrogens with zero attached hydrogens (tertiary/aromatic N) is 2. The van der Waals surface area contributed by atoms with Gasteiger partial charge in [0.05, 0.1) is 0 Å². The molecule has 6 heteroatoms. The highest BCUT2D eigenvalue weighted by atomic mass is 32.1. The molecule has 1 aliphatic heterocycles. The molecule has 1 N–H and O–H groups in total. The van der Waals surface area contributed by atoms with Gasteiger partial charge in [-0.25, -0.2) is 4.79 Å². The molecular weight excluding hydrogens is 264 g/mol. The summed E-state index contributed by atoms with van der Waals surface area (Å²) in [4.78, 5) is 27.7. The van der Waals surface area contributed by atoms with Gasteiger partial charge in [-0.1, -0.05) is 0 Å². The van der Waals surface area contributed by atoms with Crippen molar-refractivity contribution in [1.82, 2.24) is 9.80 Å². The Kier molecular flexibility index (Phi) is 4.21. The second-order valence-electron chi connectivity index (χ2n) is 4.78. The van der Waals surface area contributed by atoms with Gasteiger partial charge in [0.15, 0.2) is 0 Å². The summed E-state index contributed by atoms with van der Waals surface area (Å²) in [5, 5.41) is 8.98. The van der Waals surface area contributed by atoms with Gasteiger partial charge >= 0.3 is 5.97 Å². The molecule has 1 fully saturated rings. The van der Waals surface area contributed by atoms with Crippen molar-refractivity contribution in [3.05, 3.63) is 21.4 Å². The maximum atomic E-state index is 11.2. The average Bonchev–Trinajstić information content (AvgIpc) is 2.72. The van der Waals surface area contributed by atoms with E-state index in [1.807, 2.05) is 11.8 Å². The van der Waals surface area contributed by atoms with Crippen LogP contribution in [0.15, 0.2) is 6.07 Å². The van der Waals surface area contributed by atoms with Crippen molar-refractivity contribution in [3.63, 3.8) is 0 Å². The lowest BCUT2D eigenvalue weighted by molar-refractivity contribution is -0.130. The van der Waals surface area contributed by atoms with Crippen LogP contribution in [0.25, 0.3) is 0 Å². The number of hydrogen-bond donors (Lipinski definition) is 1. The van der Waals surface area contributed by atoms with E-state index >= 15 is 0 Å². The molecule has 0 aromatic carbocycles. The number of carbonyl (C=O) groups excluding carboxylic acids is 1. The number of aromatic carboxylic acids is 1. The first-order valence-electron chi connectivity index (χ1n) is 6.28. The topological polar surface area (TPSA) is 60.9 Å². The lowest BCUT2D eigenvalue weighted by atomic mass is 10.2. The molecule has 1 aromatic heterocycles. The van der Waals surface area contributed by atoms with Crippen LogP contribution >= 0.6 is 11.3 Å². The zero-order valence-corrected chi connectivity index (χ0v) is 12.0. The van der Waals surface area contributed by atoms with Crippen LogP contribution in [0.3, 0.4) is 0 Å². The third kappa shape index (κ3) is 3.33. The summed E-state index contributed by atoms with van der Waals surface area (Å²) in [5.74, 6) is -0.736. The third-order valence-electron chi connectivity index (χ3n) is 3.44. The number of hydrogen-bond acceptors (Lipinski definition) is 4. The van der Waals surface area contributed by atoms with Crippen molar-refractivity contribution in [3.8, 4) is 0 Å². The Balaban J connectivity index is 1.95. The Labute approximate surface area is 116 Å². The molecule has 1 saturated heterocycles. The molecule has 2 rings (SSSR count). The van der Waals surface area contributed by atoms with E-state index in [0.29, 0.717) is 4.88 Å². The zero-order chi connectivity index (χ0) is 14.0. The summed E-state index contributed by atoms with van der Waals surface area (Å²) in [6, 6.07) is 1.76. The first-order valence-corrected chi connectivity index (χ1v) is 7.09. The molecule has 0 saturated carbocycles. The van der Waals surface area contributed by atoms with Crippen LogP contribution in [-0.4, -0.2) is 53.0 Å². The zero-order valence-electron chi connectivity index (χ0n) is 11.2. The Bertz CT molecular complexity index is 490. The molecule has 2 heterocycles. The number of carboxylic acids is 1. The van der Waals surface area contributed by atoms with Gasteiger partial charge in [-0.3, -0.25) is 9.69 Å². The molecule has 1 aliphatic rings. The highest BCUT2D eigenvalue weighted by molar-refractivity contribution is 7.14. The smallest absolute Gasteiger partial charge is 0.345 e. The normalized spacial score (nSPS) is 16.6. The van der Waals surface area contributed by atoms with Gasteiger partial charge in [-0.15, -0.1) is 11.3 Å². The van der Waals surface area contributed by atoms with Crippen molar-refractivity contribution in [2.24, 2.45) is 0 Å². The second kappa shape index (κ2) is 5.71. The molecule has 0 aliphatic carbocycles. The van der Waals surface area contributed by atoms with Crippen molar-refractivity contribution in [2.45, 2.75) is 20.4 Å². The minimum atomic E-state index is -0.860. The number of thiophene rings is 1. The van der Waals surface area contributed by atoms with Crippen LogP contribution in [0, 0.1) is 6.92 Å². The fourth-order valence-electron chi connectivity index (χ4n) is 2.24. The number of carboxylic acid groups (broad SMARTS) is 1. The molecule has 1 aromatic rings. The number of piperazine rings is 1. The summed E-state index contributed by atoms with van der Waals surface area (Å²) in [6.07, 6.45) is 0. The molecule has 0 atom stereocenters. The molecule has 0 bridgehead atoms. The maximum absolute atomic E-state index is 11.2. The lowest BCUT2D eigenvalue weighted by Crippen LogP contribution is -2.47. The fourth-order valence-corrected chi connectivity index (χ4v) is 3.12. The predicted molar refractivity (Wildman–Crippen MR) is 73.5 cm³/mol. The summed E-state index contributed by atoms with van der Waals surface area (Å²) in [5.41, 5.74) is 1.08. The minimum absolute atomic E-state index is 0.125. The number of rotatable bonds is 3. The van der Waals surface area contributed by atoms with Gasteiger partial charge in [0.1, 0.15) is 4.88 Å². The molecule has 19 heavy (non-hydrogen) atoms. The van der Waals surface area contributed by atoms with Crippen LogP contribution in [0.2, 0.25) is 0 Å². The van der Waals surface area contributed by atoms with Crippen molar-refractivity contribution in [2.75, 3.05) is 26.2 Å². The van der Waals surface area contributed by atoms with E-state index in [1.165, 1.54) is 11.3 Å². The Morgan fingerprint density at radius 1 is 1.32 bits per heavy atom. The van der Waals surface area contributed by atoms with Gasteiger partial charge in [0.2, 0.25) is 5.91 Å². The van der Waals surface area contributed by atoms with E-state index in [0.717, 1.165) is 43.2 Å². The molecular formula is C13H18N2O3S. The van der Waals surface area contributed by atoms with Gasteiger partial charge < -0.3 is 10.0 Å². The van der Waals surface area contributed by atoms with Crippen molar-refractivity contribution >= 4 is 23.2 Å². The van der Waals surface area contributed by atoms with Crippen LogP contribution in [0.5, 0.6) is 0 Å². The number of amides is 1. The lowest BCUT2D eigenvalue weighted by Gasteiger charge is -2.34. The van der Waals surface area contributed by atoms with Crippen LogP contribution in [-0.2, 0) is 11.3 Å². The summed E-state index contributed by atoms with van der Waals surface area (Å²) in [6.45, 7) is 7.51. The summed E-state index contributed by atoms with van der Waals surface area (Å²) < 4.78 is 0. The van der Waals surface area contributed by atoms with Gasteiger partial charge in [-0.2, -0.15) is 0 Å². The third-order valence-corrected chi connectivity index (χ3v) is 4.52. The van der Waals surface area contributed by atoms with E-state index in [9.17, 15) is 9.59 Å². The molecule has 0 unspecified atom stereocenters. The van der Waals surface area contributed by atoms with E-state index in [4.69, 9.17) is 5.11 Å². The van der Waals surface area contributed by atoms with Crippen LogP contribution in [0.4, 0.5) is 0 Å². The fraction of sp³-hybridized carbons (Fsp3) is 0.538. The van der Waals surface area contributed by atoms with Crippen molar-refractivity contribution in [1.29, 1.82) is 0 Å². The Morgan fingerprint density at radius 2 is 1.95 bits per heavy atom. The Morgan fingerprint density at radius 3 is 2.42 bits per heavy atom. The molecule has 0 radical (unpaired) electrons. The second-order valence-corrected chi connectivity index (χ2v) is 6.04. The average molecular weight is 282 g/mol. The number of carbonyl (C=O) groups is 2. The minimum Gasteiger partial charge on any atom is -0.477 e. The first-order chi connectivity index (χ1) is 8.97. The SMILES string of the molecule is CC(=O)N1CCN(Cc2cc(C(=O)O)sc2C)CC1. The summed E-state index contributed by atoms with van der Waals surface area (Å²) in [7, 11) is 0. The quantitative estimate of drug-likeness (QED) is 0.911. The highest BCUT2D eigenvalue weighted by Gasteiger charge is 2.20. The van der Waals surface area contributed by atoms with Gasteiger partial charge in [-0.05, 0) is 18.6 Å². The highest BCUT2D eigenvalue weighted by Crippen LogP contribution is 2.23. The first kappa shape index (κ1) is 14.0. The van der Waals surface area contributed by atoms with E-state index in [2.05, 4.69) is 4.90 Å². The molecule has 0 spiro atoms. The molecule has 1 amide bonds. The van der Waals surface area contributed by atoms with Crippen molar-refractivity contribution < 1.29 is 14.7 Å². The van der Waals surface area contributed by atoms with Crippen LogP contribution < -0.4 is 0 Å². The van der Waals surface area contributed by atoms with E-state index in [-0.39, 0.29) is 5.91 Å². The largest absolute Gasteiger partial charge is 0.477 e. The van der Waals surface area contributed by atoms with E-state index < -0.39 is 5.97 Å².